The zero-order chi connectivity index (χ0) is 13.9. The number of nitrogens with zero attached hydrogens (tertiary/aromatic N) is 3. The normalized spacial score (nSPS) is 23.8. The number of halogens is 1. The van der Waals surface area contributed by atoms with Crippen molar-refractivity contribution in [1.82, 2.24) is 10.2 Å². The van der Waals surface area contributed by atoms with Crippen LogP contribution in [0.3, 0.4) is 0 Å². The topological polar surface area (TPSA) is 42.3 Å². The molecule has 1 atom stereocenters. The number of hydrogen-bond acceptors (Lipinski definition) is 4. The van der Waals surface area contributed by atoms with Gasteiger partial charge in [0.15, 0.2) is 0 Å². The lowest BCUT2D eigenvalue weighted by atomic mass is 10.2. The molecule has 1 unspecified atom stereocenters. The number of benzene rings is 1. The van der Waals surface area contributed by atoms with Gasteiger partial charge in [0.2, 0.25) is 0 Å². The summed E-state index contributed by atoms with van der Waals surface area (Å²) in [5, 5.41) is 12.1. The molecule has 1 aromatic rings. The summed E-state index contributed by atoms with van der Waals surface area (Å²) in [6.45, 7) is 6.01. The van der Waals surface area contributed by atoms with E-state index in [1.165, 1.54) is 6.07 Å². The Morgan fingerprint density at radius 2 is 2.05 bits per heavy atom. The van der Waals surface area contributed by atoms with E-state index in [1.807, 2.05) is 6.07 Å². The van der Waals surface area contributed by atoms with E-state index in [9.17, 15) is 4.39 Å². The summed E-state index contributed by atoms with van der Waals surface area (Å²) >= 11 is 0. The Kier molecular flexibility index (Phi) is 3.86. The Labute approximate surface area is 118 Å². The number of nitriles is 1. The van der Waals surface area contributed by atoms with E-state index in [0.29, 0.717) is 17.3 Å². The molecule has 0 aliphatic carbocycles. The van der Waals surface area contributed by atoms with Crippen molar-refractivity contribution in [3.8, 4) is 6.07 Å². The summed E-state index contributed by atoms with van der Waals surface area (Å²) in [4.78, 5) is 4.60. The summed E-state index contributed by atoms with van der Waals surface area (Å²) in [5.41, 5.74) is 1.01. The zero-order valence-electron chi connectivity index (χ0n) is 11.5. The fourth-order valence-electron chi connectivity index (χ4n) is 3.14. The molecule has 0 radical (unpaired) electrons. The average molecular weight is 274 g/mol. The van der Waals surface area contributed by atoms with Crippen LogP contribution in [0.1, 0.15) is 12.0 Å². The Hall–Kier alpha value is -1.64. The maximum atomic E-state index is 14.0. The van der Waals surface area contributed by atoms with Crippen molar-refractivity contribution >= 4 is 5.69 Å². The molecule has 0 spiro atoms. The van der Waals surface area contributed by atoms with Crippen LogP contribution in [0.4, 0.5) is 10.1 Å². The van der Waals surface area contributed by atoms with Crippen molar-refractivity contribution in [2.24, 2.45) is 0 Å². The van der Waals surface area contributed by atoms with Gasteiger partial charge in [-0.25, -0.2) is 4.39 Å². The molecule has 106 valence electrons. The van der Waals surface area contributed by atoms with Crippen LogP contribution in [0.25, 0.3) is 0 Å². The number of nitrogens with one attached hydrogen (secondary N) is 1. The highest BCUT2D eigenvalue weighted by Crippen LogP contribution is 2.26. The fourth-order valence-corrected chi connectivity index (χ4v) is 3.14. The molecule has 4 nitrogen and oxygen atoms in total. The first-order valence-electron chi connectivity index (χ1n) is 7.17. The van der Waals surface area contributed by atoms with Gasteiger partial charge in [-0.05, 0) is 24.6 Å². The molecule has 0 saturated carbocycles. The minimum atomic E-state index is -0.287. The first-order valence-corrected chi connectivity index (χ1v) is 7.17. The highest BCUT2D eigenvalue weighted by atomic mass is 19.1. The van der Waals surface area contributed by atoms with Gasteiger partial charge in [-0.3, -0.25) is 4.90 Å². The molecular formula is C15H19FN4. The lowest BCUT2D eigenvalue weighted by molar-refractivity contribution is 0.185. The van der Waals surface area contributed by atoms with Crippen LogP contribution in [0.5, 0.6) is 0 Å². The summed E-state index contributed by atoms with van der Waals surface area (Å²) in [5.74, 6) is -0.287. The molecule has 0 amide bonds. The lowest BCUT2D eigenvalue weighted by Crippen LogP contribution is -2.49. The van der Waals surface area contributed by atoms with Gasteiger partial charge in [0.1, 0.15) is 5.82 Å². The van der Waals surface area contributed by atoms with Gasteiger partial charge in [-0.1, -0.05) is 0 Å². The highest BCUT2D eigenvalue weighted by molar-refractivity contribution is 5.52. The van der Waals surface area contributed by atoms with Crippen LogP contribution in [-0.2, 0) is 0 Å². The van der Waals surface area contributed by atoms with Crippen molar-refractivity contribution < 1.29 is 4.39 Å². The summed E-state index contributed by atoms with van der Waals surface area (Å²) in [7, 11) is 0. The maximum Gasteiger partial charge on any atom is 0.147 e. The van der Waals surface area contributed by atoms with Gasteiger partial charge in [0.05, 0.1) is 17.3 Å². The summed E-state index contributed by atoms with van der Waals surface area (Å²) < 4.78 is 14.0. The third-order valence-electron chi connectivity index (χ3n) is 4.25. The van der Waals surface area contributed by atoms with Gasteiger partial charge in [0.25, 0.3) is 0 Å². The third-order valence-corrected chi connectivity index (χ3v) is 4.25. The average Bonchev–Trinajstić information content (AvgIpc) is 2.97. The third kappa shape index (κ3) is 2.62. The Morgan fingerprint density at radius 1 is 1.25 bits per heavy atom. The van der Waals surface area contributed by atoms with E-state index in [-0.39, 0.29) is 5.82 Å². The number of hydrogen-bond donors (Lipinski definition) is 1. The molecule has 2 fully saturated rings. The van der Waals surface area contributed by atoms with E-state index in [0.717, 1.165) is 45.7 Å². The standard InChI is InChI=1S/C15H19FN4/c16-14-9-12(10-17)1-2-15(14)20-6-3-13(11-20)19-7-4-18-5-8-19/h1-2,9,13,18H,3-8,11H2. The minimum absolute atomic E-state index is 0.287. The van der Waals surface area contributed by atoms with Crippen molar-refractivity contribution in [3.05, 3.63) is 29.6 Å². The minimum Gasteiger partial charge on any atom is -0.368 e. The summed E-state index contributed by atoms with van der Waals surface area (Å²) in [6, 6.07) is 7.24. The molecule has 2 saturated heterocycles. The fraction of sp³-hybridized carbons (Fsp3) is 0.533. The molecule has 2 heterocycles. The maximum absolute atomic E-state index is 14.0. The first-order chi connectivity index (χ1) is 9.78. The Bertz CT molecular complexity index is 519. The van der Waals surface area contributed by atoms with Crippen LogP contribution in [0.15, 0.2) is 18.2 Å². The molecule has 2 aliphatic heterocycles. The van der Waals surface area contributed by atoms with Crippen LogP contribution in [0, 0.1) is 17.1 Å². The van der Waals surface area contributed by atoms with Crippen molar-refractivity contribution in [2.45, 2.75) is 12.5 Å². The van der Waals surface area contributed by atoms with Gasteiger partial charge >= 0.3 is 0 Å². The van der Waals surface area contributed by atoms with Crippen LogP contribution >= 0.6 is 0 Å². The molecule has 2 aliphatic rings. The smallest absolute Gasteiger partial charge is 0.147 e. The second-order valence-electron chi connectivity index (χ2n) is 5.45. The molecule has 1 aromatic carbocycles. The second kappa shape index (κ2) is 5.78. The Balaban J connectivity index is 1.69. The summed E-state index contributed by atoms with van der Waals surface area (Å²) in [6.07, 6.45) is 1.08. The van der Waals surface area contributed by atoms with Gasteiger partial charge in [-0.15, -0.1) is 0 Å². The van der Waals surface area contributed by atoms with E-state index < -0.39 is 0 Å². The molecular weight excluding hydrogens is 255 g/mol. The number of rotatable bonds is 2. The van der Waals surface area contributed by atoms with Crippen LogP contribution < -0.4 is 10.2 Å². The molecule has 0 bridgehead atoms. The second-order valence-corrected chi connectivity index (χ2v) is 5.45. The zero-order valence-corrected chi connectivity index (χ0v) is 11.5. The molecule has 5 heteroatoms. The molecule has 3 rings (SSSR count). The number of anilines is 1. The van der Waals surface area contributed by atoms with Crippen molar-refractivity contribution in [3.63, 3.8) is 0 Å². The monoisotopic (exact) mass is 274 g/mol. The largest absolute Gasteiger partial charge is 0.368 e. The first kappa shape index (κ1) is 13.3. The van der Waals surface area contributed by atoms with Gasteiger partial charge in [0, 0.05) is 45.3 Å². The molecule has 20 heavy (non-hydrogen) atoms. The van der Waals surface area contributed by atoms with Crippen molar-refractivity contribution in [1.29, 1.82) is 5.26 Å². The number of piperazine rings is 1. The van der Waals surface area contributed by atoms with Crippen LogP contribution in [0.2, 0.25) is 0 Å². The SMILES string of the molecule is N#Cc1ccc(N2CCC(N3CCNCC3)C2)c(F)c1. The molecule has 1 N–H and O–H groups in total. The predicted molar refractivity (Wildman–Crippen MR) is 76.2 cm³/mol. The van der Waals surface area contributed by atoms with E-state index in [2.05, 4.69) is 15.1 Å². The van der Waals surface area contributed by atoms with E-state index in [1.54, 1.807) is 12.1 Å². The van der Waals surface area contributed by atoms with Crippen LogP contribution in [-0.4, -0.2) is 50.2 Å². The highest BCUT2D eigenvalue weighted by Gasteiger charge is 2.29. The van der Waals surface area contributed by atoms with Crippen molar-refractivity contribution in [2.75, 3.05) is 44.2 Å². The predicted octanol–water partition coefficient (Wildman–Crippen LogP) is 1.18. The lowest BCUT2D eigenvalue weighted by Gasteiger charge is -2.32. The quantitative estimate of drug-likeness (QED) is 0.879. The van der Waals surface area contributed by atoms with E-state index >= 15 is 0 Å². The Morgan fingerprint density at radius 3 is 2.75 bits per heavy atom. The van der Waals surface area contributed by atoms with Gasteiger partial charge in [-0.2, -0.15) is 5.26 Å². The van der Waals surface area contributed by atoms with Gasteiger partial charge < -0.3 is 10.2 Å². The molecule has 0 aromatic heterocycles. The van der Waals surface area contributed by atoms with E-state index in [4.69, 9.17) is 5.26 Å².